The number of fused-ring (bicyclic) bond motifs is 1. The van der Waals surface area contributed by atoms with E-state index in [1.54, 1.807) is 12.1 Å². The number of hydrogen-bond acceptors (Lipinski definition) is 2. The summed E-state index contributed by atoms with van der Waals surface area (Å²) in [4.78, 5) is 4.84. The monoisotopic (exact) mass is 457 g/mol. The summed E-state index contributed by atoms with van der Waals surface area (Å²) >= 11 is 3.49. The Morgan fingerprint density at radius 3 is 2.23 bits per heavy atom. The van der Waals surface area contributed by atoms with Crippen molar-refractivity contribution in [3.8, 4) is 28.1 Å². The molecule has 0 saturated heterocycles. The molecule has 30 heavy (non-hydrogen) atoms. The Labute approximate surface area is 182 Å². The first-order chi connectivity index (χ1) is 14.6. The second-order valence-corrected chi connectivity index (χ2v) is 8.04. The number of pyridine rings is 1. The van der Waals surface area contributed by atoms with Crippen molar-refractivity contribution in [2.45, 2.75) is 6.92 Å². The van der Waals surface area contributed by atoms with E-state index in [1.807, 2.05) is 72.3 Å². The van der Waals surface area contributed by atoms with Crippen molar-refractivity contribution < 1.29 is 4.39 Å². The standard InChI is InChI=1S/C25H17BrFN3/c1-16-15-22(17-7-11-20(27)12-8-17)23-24(18-5-3-2-4-6-18)29-30(25(23)28-16)21-13-9-19(26)10-14-21/h2-15H,1H3. The first-order valence-electron chi connectivity index (χ1n) is 9.58. The van der Waals surface area contributed by atoms with Gasteiger partial charge in [0.05, 0.1) is 11.1 Å². The molecular weight excluding hydrogens is 441 g/mol. The van der Waals surface area contributed by atoms with Crippen LogP contribution in [0.2, 0.25) is 0 Å². The number of benzene rings is 3. The van der Waals surface area contributed by atoms with Crippen LogP contribution in [0.1, 0.15) is 5.69 Å². The lowest BCUT2D eigenvalue weighted by molar-refractivity contribution is 0.628. The van der Waals surface area contributed by atoms with Gasteiger partial charge in [-0.05, 0) is 60.5 Å². The summed E-state index contributed by atoms with van der Waals surface area (Å²) in [6.45, 7) is 1.97. The highest BCUT2D eigenvalue weighted by molar-refractivity contribution is 9.10. The van der Waals surface area contributed by atoms with Crippen molar-refractivity contribution in [2.24, 2.45) is 0 Å². The minimum absolute atomic E-state index is 0.255. The first kappa shape index (κ1) is 18.7. The second-order valence-electron chi connectivity index (χ2n) is 7.12. The normalized spacial score (nSPS) is 11.2. The molecule has 0 unspecified atom stereocenters. The zero-order chi connectivity index (χ0) is 20.7. The molecule has 0 spiro atoms. The molecule has 5 heteroatoms. The third-order valence-electron chi connectivity index (χ3n) is 5.04. The highest BCUT2D eigenvalue weighted by atomic mass is 79.9. The highest BCUT2D eigenvalue weighted by Gasteiger charge is 2.20. The van der Waals surface area contributed by atoms with Crippen LogP contribution in [0.25, 0.3) is 39.1 Å². The number of rotatable bonds is 3. The zero-order valence-electron chi connectivity index (χ0n) is 16.2. The average molecular weight is 458 g/mol. The smallest absolute Gasteiger partial charge is 0.164 e. The van der Waals surface area contributed by atoms with Gasteiger partial charge >= 0.3 is 0 Å². The maximum absolute atomic E-state index is 13.6. The third-order valence-corrected chi connectivity index (χ3v) is 5.57. The maximum Gasteiger partial charge on any atom is 0.164 e. The summed E-state index contributed by atoms with van der Waals surface area (Å²) in [5.74, 6) is -0.255. The van der Waals surface area contributed by atoms with Gasteiger partial charge in [-0.2, -0.15) is 5.10 Å². The van der Waals surface area contributed by atoms with E-state index in [4.69, 9.17) is 10.1 Å². The van der Waals surface area contributed by atoms with Gasteiger partial charge in [0.2, 0.25) is 0 Å². The van der Waals surface area contributed by atoms with Crippen LogP contribution in [0.3, 0.4) is 0 Å². The molecule has 3 aromatic carbocycles. The van der Waals surface area contributed by atoms with Crippen LogP contribution in [0, 0.1) is 12.7 Å². The van der Waals surface area contributed by atoms with Gasteiger partial charge in [0, 0.05) is 15.7 Å². The van der Waals surface area contributed by atoms with Gasteiger partial charge in [0.25, 0.3) is 0 Å². The molecule has 0 amide bonds. The fourth-order valence-corrected chi connectivity index (χ4v) is 3.92. The van der Waals surface area contributed by atoms with Crippen LogP contribution in [0.5, 0.6) is 0 Å². The van der Waals surface area contributed by atoms with Gasteiger partial charge < -0.3 is 0 Å². The predicted molar refractivity (Wildman–Crippen MR) is 122 cm³/mol. The molecule has 0 fully saturated rings. The molecule has 0 bridgehead atoms. The van der Waals surface area contributed by atoms with Crippen LogP contribution >= 0.6 is 15.9 Å². The Kier molecular flexibility index (Phi) is 4.68. The lowest BCUT2D eigenvalue weighted by Crippen LogP contribution is -1.98. The van der Waals surface area contributed by atoms with E-state index in [2.05, 4.69) is 15.9 Å². The van der Waals surface area contributed by atoms with Crippen molar-refractivity contribution in [1.29, 1.82) is 0 Å². The largest absolute Gasteiger partial charge is 0.233 e. The summed E-state index contributed by atoms with van der Waals surface area (Å²) in [5, 5.41) is 5.91. The second kappa shape index (κ2) is 7.50. The summed E-state index contributed by atoms with van der Waals surface area (Å²) in [6.07, 6.45) is 0. The quantitative estimate of drug-likeness (QED) is 0.293. The summed E-state index contributed by atoms with van der Waals surface area (Å²) in [7, 11) is 0. The van der Waals surface area contributed by atoms with E-state index in [9.17, 15) is 4.39 Å². The average Bonchev–Trinajstić information content (AvgIpc) is 3.14. The highest BCUT2D eigenvalue weighted by Crippen LogP contribution is 2.37. The number of halogens is 2. The molecule has 5 rings (SSSR count). The minimum Gasteiger partial charge on any atom is -0.233 e. The number of aryl methyl sites for hydroxylation is 1. The Morgan fingerprint density at radius 1 is 0.833 bits per heavy atom. The van der Waals surface area contributed by atoms with Gasteiger partial charge in [-0.25, -0.2) is 14.1 Å². The van der Waals surface area contributed by atoms with Crippen LogP contribution in [0.4, 0.5) is 4.39 Å². The third kappa shape index (κ3) is 3.31. The SMILES string of the molecule is Cc1cc(-c2ccc(F)cc2)c2c(-c3ccccc3)nn(-c3ccc(Br)cc3)c2n1. The molecule has 2 heterocycles. The Balaban J connectivity index is 1.87. The van der Waals surface area contributed by atoms with Crippen LogP contribution in [0.15, 0.2) is 89.4 Å². The van der Waals surface area contributed by atoms with Crippen molar-refractivity contribution >= 4 is 27.0 Å². The molecule has 0 aliphatic carbocycles. The number of nitrogens with zero attached hydrogens (tertiary/aromatic N) is 3. The topological polar surface area (TPSA) is 30.7 Å². The molecule has 146 valence electrons. The lowest BCUT2D eigenvalue weighted by Gasteiger charge is -2.08. The van der Waals surface area contributed by atoms with Gasteiger partial charge in [-0.15, -0.1) is 0 Å². The van der Waals surface area contributed by atoms with Gasteiger partial charge in [0.15, 0.2) is 5.65 Å². The van der Waals surface area contributed by atoms with E-state index >= 15 is 0 Å². The molecule has 0 N–H and O–H groups in total. The number of aromatic nitrogens is 3. The molecule has 0 saturated carbocycles. The molecule has 0 aliphatic heterocycles. The Bertz CT molecular complexity index is 1340. The van der Waals surface area contributed by atoms with Crippen molar-refractivity contribution in [3.05, 3.63) is 101 Å². The predicted octanol–water partition coefficient (Wildman–Crippen LogP) is 6.96. The Morgan fingerprint density at radius 2 is 1.53 bits per heavy atom. The maximum atomic E-state index is 13.6. The van der Waals surface area contributed by atoms with Gasteiger partial charge in [0.1, 0.15) is 11.5 Å². The summed E-state index contributed by atoms with van der Waals surface area (Å²) in [5.41, 5.74) is 6.34. The summed E-state index contributed by atoms with van der Waals surface area (Å²) in [6, 6.07) is 26.7. The van der Waals surface area contributed by atoms with E-state index in [0.717, 1.165) is 49.3 Å². The fourth-order valence-electron chi connectivity index (χ4n) is 3.66. The van der Waals surface area contributed by atoms with Gasteiger partial charge in [-0.3, -0.25) is 0 Å². The van der Waals surface area contributed by atoms with E-state index in [1.165, 1.54) is 12.1 Å². The molecule has 0 atom stereocenters. The molecule has 5 aromatic rings. The molecule has 2 aromatic heterocycles. The summed E-state index contributed by atoms with van der Waals surface area (Å²) < 4.78 is 16.4. The number of hydrogen-bond donors (Lipinski definition) is 0. The van der Waals surface area contributed by atoms with E-state index < -0.39 is 0 Å². The van der Waals surface area contributed by atoms with Crippen LogP contribution in [-0.4, -0.2) is 14.8 Å². The van der Waals surface area contributed by atoms with E-state index in [-0.39, 0.29) is 5.82 Å². The molecule has 0 radical (unpaired) electrons. The fraction of sp³-hybridized carbons (Fsp3) is 0.0400. The van der Waals surface area contributed by atoms with E-state index in [0.29, 0.717) is 0 Å². The molecular formula is C25H17BrFN3. The molecule has 0 aliphatic rings. The molecule has 3 nitrogen and oxygen atoms in total. The first-order valence-corrected chi connectivity index (χ1v) is 10.4. The van der Waals surface area contributed by atoms with Crippen LogP contribution < -0.4 is 0 Å². The van der Waals surface area contributed by atoms with Crippen LogP contribution in [-0.2, 0) is 0 Å². The minimum atomic E-state index is -0.255. The Hall–Kier alpha value is -3.31. The zero-order valence-corrected chi connectivity index (χ0v) is 17.8. The van der Waals surface area contributed by atoms with Crippen molar-refractivity contribution in [2.75, 3.05) is 0 Å². The lowest BCUT2D eigenvalue weighted by atomic mass is 9.99. The van der Waals surface area contributed by atoms with Gasteiger partial charge in [-0.1, -0.05) is 58.4 Å². The van der Waals surface area contributed by atoms with Crippen molar-refractivity contribution in [1.82, 2.24) is 14.8 Å². The van der Waals surface area contributed by atoms with Crippen molar-refractivity contribution in [3.63, 3.8) is 0 Å².